The number of benzene rings is 2. The molecule has 0 saturated carbocycles. The Morgan fingerprint density at radius 1 is 1.03 bits per heavy atom. The number of aryl methyl sites for hydroxylation is 1. The fraction of sp³-hybridized carbons (Fsp3) is 0.409. The SMILES string of the molecule is CCNC(=NCC(O)c1ccc(OC(F)F)cc1)NCCCc1ccc(OC)cc1. The lowest BCUT2D eigenvalue weighted by Crippen LogP contribution is -2.38. The monoisotopic (exact) mass is 421 g/mol. The number of rotatable bonds is 11. The lowest BCUT2D eigenvalue weighted by molar-refractivity contribution is -0.0498. The lowest BCUT2D eigenvalue weighted by Gasteiger charge is -2.14. The van der Waals surface area contributed by atoms with Crippen LogP contribution in [0.25, 0.3) is 0 Å². The molecule has 0 aromatic heterocycles. The van der Waals surface area contributed by atoms with Crippen LogP contribution in [-0.2, 0) is 6.42 Å². The van der Waals surface area contributed by atoms with E-state index in [2.05, 4.69) is 20.4 Å². The number of aliphatic hydroxyl groups is 1. The van der Waals surface area contributed by atoms with Crippen LogP contribution in [0.5, 0.6) is 11.5 Å². The van der Waals surface area contributed by atoms with E-state index in [1.54, 1.807) is 19.2 Å². The van der Waals surface area contributed by atoms with Crippen LogP contribution in [0.3, 0.4) is 0 Å². The van der Waals surface area contributed by atoms with Crippen LogP contribution in [0, 0.1) is 0 Å². The quantitative estimate of drug-likeness (QED) is 0.294. The average molecular weight is 421 g/mol. The average Bonchev–Trinajstić information content (AvgIpc) is 2.75. The number of aliphatic imine (C=N–C) groups is 1. The van der Waals surface area contributed by atoms with Crippen LogP contribution in [0.2, 0.25) is 0 Å². The first-order valence-corrected chi connectivity index (χ1v) is 9.89. The van der Waals surface area contributed by atoms with E-state index in [1.165, 1.54) is 17.7 Å². The van der Waals surface area contributed by atoms with Crippen molar-refractivity contribution in [2.45, 2.75) is 32.5 Å². The van der Waals surface area contributed by atoms with E-state index in [0.717, 1.165) is 25.1 Å². The molecule has 30 heavy (non-hydrogen) atoms. The van der Waals surface area contributed by atoms with Gasteiger partial charge in [0.25, 0.3) is 0 Å². The summed E-state index contributed by atoms with van der Waals surface area (Å²) in [6.07, 6.45) is 0.997. The summed E-state index contributed by atoms with van der Waals surface area (Å²) in [5.74, 6) is 1.51. The van der Waals surface area contributed by atoms with Crippen molar-refractivity contribution in [1.29, 1.82) is 0 Å². The van der Waals surface area contributed by atoms with Gasteiger partial charge >= 0.3 is 6.61 Å². The minimum atomic E-state index is -2.87. The molecule has 164 valence electrons. The largest absolute Gasteiger partial charge is 0.497 e. The Morgan fingerprint density at radius 3 is 2.30 bits per heavy atom. The summed E-state index contributed by atoms with van der Waals surface area (Å²) in [6, 6.07) is 13.9. The number of aliphatic hydroxyl groups excluding tert-OH is 1. The highest BCUT2D eigenvalue weighted by Crippen LogP contribution is 2.19. The molecule has 0 aliphatic carbocycles. The molecule has 3 N–H and O–H groups in total. The Morgan fingerprint density at radius 2 is 1.70 bits per heavy atom. The number of guanidine groups is 1. The third kappa shape index (κ3) is 8.24. The second kappa shape index (κ2) is 12.6. The number of nitrogens with one attached hydrogen (secondary N) is 2. The van der Waals surface area contributed by atoms with Gasteiger partial charge in [-0.1, -0.05) is 24.3 Å². The summed E-state index contributed by atoms with van der Waals surface area (Å²) >= 11 is 0. The molecule has 0 radical (unpaired) electrons. The molecule has 6 nitrogen and oxygen atoms in total. The predicted octanol–water partition coefficient (Wildman–Crippen LogP) is 3.52. The fourth-order valence-electron chi connectivity index (χ4n) is 2.79. The number of hydrogen-bond donors (Lipinski definition) is 3. The second-order valence-electron chi connectivity index (χ2n) is 6.56. The number of halogens is 2. The molecule has 0 heterocycles. The lowest BCUT2D eigenvalue weighted by atomic mass is 10.1. The predicted molar refractivity (Wildman–Crippen MR) is 113 cm³/mol. The van der Waals surface area contributed by atoms with E-state index in [4.69, 9.17) is 4.74 Å². The van der Waals surface area contributed by atoms with Gasteiger partial charge in [0.2, 0.25) is 0 Å². The van der Waals surface area contributed by atoms with Crippen LogP contribution in [0.4, 0.5) is 8.78 Å². The number of alkyl halides is 2. The number of methoxy groups -OCH3 is 1. The third-order valence-electron chi connectivity index (χ3n) is 4.35. The third-order valence-corrected chi connectivity index (χ3v) is 4.35. The molecule has 8 heteroatoms. The van der Waals surface area contributed by atoms with Crippen LogP contribution in [0.1, 0.15) is 30.6 Å². The van der Waals surface area contributed by atoms with Crippen molar-refractivity contribution in [1.82, 2.24) is 10.6 Å². The normalized spacial score (nSPS) is 12.5. The molecule has 0 aliphatic heterocycles. The maximum absolute atomic E-state index is 12.2. The van der Waals surface area contributed by atoms with Crippen LogP contribution >= 0.6 is 0 Å². The van der Waals surface area contributed by atoms with E-state index in [0.29, 0.717) is 18.1 Å². The second-order valence-corrected chi connectivity index (χ2v) is 6.56. The van der Waals surface area contributed by atoms with Gasteiger partial charge in [0.1, 0.15) is 11.5 Å². The van der Waals surface area contributed by atoms with Crippen LogP contribution in [-0.4, -0.2) is 44.4 Å². The number of ether oxygens (including phenoxy) is 2. The standard InChI is InChI=1S/C22H29F2N3O3/c1-3-25-22(26-14-4-5-16-6-10-18(29-2)11-7-16)27-15-20(28)17-8-12-19(13-9-17)30-21(23)24/h6-13,20-21,28H,3-5,14-15H2,1-2H3,(H2,25,26,27). The van der Waals surface area contributed by atoms with Gasteiger partial charge in [0, 0.05) is 13.1 Å². The number of nitrogens with zero attached hydrogens (tertiary/aromatic N) is 1. The summed E-state index contributed by atoms with van der Waals surface area (Å²) in [5.41, 5.74) is 1.81. The summed E-state index contributed by atoms with van der Waals surface area (Å²) in [6.45, 7) is 0.660. The van der Waals surface area contributed by atoms with Crippen molar-refractivity contribution in [3.63, 3.8) is 0 Å². The molecule has 0 bridgehead atoms. The Kier molecular flexibility index (Phi) is 9.86. The van der Waals surface area contributed by atoms with E-state index >= 15 is 0 Å². The molecule has 0 fully saturated rings. The molecule has 1 atom stereocenters. The first-order valence-electron chi connectivity index (χ1n) is 9.89. The van der Waals surface area contributed by atoms with E-state index < -0.39 is 12.7 Å². The number of hydrogen-bond acceptors (Lipinski definition) is 4. The Labute approximate surface area is 175 Å². The molecule has 0 aliphatic rings. The maximum Gasteiger partial charge on any atom is 0.387 e. The first-order chi connectivity index (χ1) is 14.5. The van der Waals surface area contributed by atoms with Gasteiger partial charge in [-0.3, -0.25) is 4.99 Å². The smallest absolute Gasteiger partial charge is 0.387 e. The molecule has 0 amide bonds. The topological polar surface area (TPSA) is 75.1 Å². The highest BCUT2D eigenvalue weighted by molar-refractivity contribution is 5.79. The van der Waals surface area contributed by atoms with Crippen molar-refractivity contribution in [3.8, 4) is 11.5 Å². The van der Waals surface area contributed by atoms with Crippen LogP contribution in [0.15, 0.2) is 53.5 Å². The highest BCUT2D eigenvalue weighted by Gasteiger charge is 2.09. The minimum absolute atomic E-state index is 0.0521. The summed E-state index contributed by atoms with van der Waals surface area (Å²) in [7, 11) is 1.65. The molecule has 1 unspecified atom stereocenters. The zero-order valence-corrected chi connectivity index (χ0v) is 17.3. The van der Waals surface area contributed by atoms with Crippen molar-refractivity contribution >= 4 is 5.96 Å². The minimum Gasteiger partial charge on any atom is -0.497 e. The van der Waals surface area contributed by atoms with Gasteiger partial charge in [0.15, 0.2) is 5.96 Å². The van der Waals surface area contributed by atoms with E-state index in [1.807, 2.05) is 31.2 Å². The van der Waals surface area contributed by atoms with Crippen molar-refractivity contribution in [2.24, 2.45) is 4.99 Å². The van der Waals surface area contributed by atoms with Crippen molar-refractivity contribution in [2.75, 3.05) is 26.7 Å². The maximum atomic E-state index is 12.2. The van der Waals surface area contributed by atoms with E-state index in [9.17, 15) is 13.9 Å². The Balaban J connectivity index is 1.80. The van der Waals surface area contributed by atoms with Crippen molar-refractivity contribution in [3.05, 3.63) is 59.7 Å². The molecule has 0 saturated heterocycles. The van der Waals surface area contributed by atoms with Gasteiger partial charge in [-0.2, -0.15) is 8.78 Å². The molecule has 0 spiro atoms. The van der Waals surface area contributed by atoms with Gasteiger partial charge in [-0.05, 0) is 55.2 Å². The van der Waals surface area contributed by atoms with E-state index in [-0.39, 0.29) is 12.3 Å². The zero-order chi connectivity index (χ0) is 21.8. The molecule has 2 aromatic rings. The molecule has 2 aromatic carbocycles. The summed E-state index contributed by atoms with van der Waals surface area (Å²) < 4.78 is 33.9. The fourth-order valence-corrected chi connectivity index (χ4v) is 2.79. The van der Waals surface area contributed by atoms with Crippen LogP contribution < -0.4 is 20.1 Å². The first kappa shape index (κ1) is 23.4. The van der Waals surface area contributed by atoms with Gasteiger partial charge in [-0.25, -0.2) is 0 Å². The van der Waals surface area contributed by atoms with Gasteiger partial charge < -0.3 is 25.2 Å². The van der Waals surface area contributed by atoms with Gasteiger partial charge in [0.05, 0.1) is 19.8 Å². The molecule has 2 rings (SSSR count). The Bertz CT molecular complexity index is 768. The zero-order valence-electron chi connectivity index (χ0n) is 17.3. The summed E-state index contributed by atoms with van der Waals surface area (Å²) in [5, 5.41) is 16.7. The van der Waals surface area contributed by atoms with Gasteiger partial charge in [-0.15, -0.1) is 0 Å². The van der Waals surface area contributed by atoms with Crippen molar-refractivity contribution < 1.29 is 23.4 Å². The molecular formula is C22H29F2N3O3. The summed E-state index contributed by atoms with van der Waals surface area (Å²) in [4.78, 5) is 4.40. The highest BCUT2D eigenvalue weighted by atomic mass is 19.3. The Hall–Kier alpha value is -2.87. The molecular weight excluding hydrogens is 392 g/mol.